The molecule has 1 atom stereocenters. The molecule has 2 aromatic rings. The van der Waals surface area contributed by atoms with Crippen molar-refractivity contribution in [2.24, 2.45) is 0 Å². The zero-order valence-electron chi connectivity index (χ0n) is 12.2. The molecule has 1 unspecified atom stereocenters. The first kappa shape index (κ1) is 12.6. The number of nitrogens with one attached hydrogen (secondary N) is 1. The maximum absolute atomic E-state index is 6.03. The van der Waals surface area contributed by atoms with Crippen LogP contribution in [0, 0.1) is 0 Å². The molecule has 1 aliphatic heterocycles. The van der Waals surface area contributed by atoms with Gasteiger partial charge in [-0.05, 0) is 37.3 Å². The topological polar surface area (TPSA) is 47.0 Å². The van der Waals surface area contributed by atoms with E-state index in [0.717, 1.165) is 36.7 Å². The van der Waals surface area contributed by atoms with E-state index in [2.05, 4.69) is 17.4 Å². The second-order valence-electron chi connectivity index (χ2n) is 5.73. The fraction of sp³-hybridized carbons (Fsp3) is 0.412. The highest BCUT2D eigenvalue weighted by Gasteiger charge is 2.28. The minimum atomic E-state index is -0.0540. The molecule has 0 amide bonds. The van der Waals surface area contributed by atoms with Crippen molar-refractivity contribution in [1.29, 1.82) is 0 Å². The fourth-order valence-corrected chi connectivity index (χ4v) is 3.29. The van der Waals surface area contributed by atoms with Gasteiger partial charge in [-0.2, -0.15) is 0 Å². The zero-order chi connectivity index (χ0) is 14.2. The van der Waals surface area contributed by atoms with Gasteiger partial charge in [0.15, 0.2) is 11.9 Å². The Morgan fingerprint density at radius 1 is 1.14 bits per heavy atom. The summed E-state index contributed by atoms with van der Waals surface area (Å²) in [6.07, 6.45) is 5.39. The van der Waals surface area contributed by atoms with Gasteiger partial charge in [-0.1, -0.05) is 18.2 Å². The summed E-state index contributed by atoms with van der Waals surface area (Å²) in [5, 5.41) is 3.23. The Kier molecular flexibility index (Phi) is 3.02. The van der Waals surface area contributed by atoms with Crippen LogP contribution in [-0.4, -0.2) is 17.0 Å². The van der Waals surface area contributed by atoms with Gasteiger partial charge >= 0.3 is 0 Å². The Hall–Kier alpha value is -2.10. The van der Waals surface area contributed by atoms with Crippen LogP contribution in [0.2, 0.25) is 0 Å². The van der Waals surface area contributed by atoms with Gasteiger partial charge in [-0.15, -0.1) is 0 Å². The highest BCUT2D eigenvalue weighted by atomic mass is 16.5. The summed E-state index contributed by atoms with van der Waals surface area (Å²) in [5.74, 6) is 2.76. The van der Waals surface area contributed by atoms with E-state index in [4.69, 9.17) is 14.7 Å². The van der Waals surface area contributed by atoms with Crippen LogP contribution >= 0.6 is 0 Å². The van der Waals surface area contributed by atoms with Gasteiger partial charge < -0.3 is 10.1 Å². The molecule has 4 heteroatoms. The van der Waals surface area contributed by atoms with Crippen molar-refractivity contribution in [3.8, 4) is 5.75 Å². The van der Waals surface area contributed by atoms with Crippen LogP contribution < -0.4 is 10.1 Å². The lowest BCUT2D eigenvalue weighted by molar-refractivity contribution is 0.227. The van der Waals surface area contributed by atoms with Gasteiger partial charge in [-0.3, -0.25) is 0 Å². The molecule has 1 aromatic carbocycles. The standard InChI is InChI=1S/C17H19N3O/c1-18-16-12-7-3-4-8-13(12)19-17(20-16)15-10-11-6-2-5-9-14(11)21-15/h2,5-6,9,15H,3-4,7-8,10H2,1H3,(H,18,19,20). The van der Waals surface area contributed by atoms with Crippen LogP contribution in [0.15, 0.2) is 24.3 Å². The smallest absolute Gasteiger partial charge is 0.172 e. The summed E-state index contributed by atoms with van der Waals surface area (Å²) in [6, 6.07) is 8.20. The molecule has 21 heavy (non-hydrogen) atoms. The lowest BCUT2D eigenvalue weighted by Crippen LogP contribution is -2.17. The minimum absolute atomic E-state index is 0.0540. The molecule has 2 aliphatic rings. The van der Waals surface area contributed by atoms with Gasteiger partial charge in [-0.25, -0.2) is 9.97 Å². The van der Waals surface area contributed by atoms with Gasteiger partial charge in [0.25, 0.3) is 0 Å². The lowest BCUT2D eigenvalue weighted by atomic mass is 9.96. The van der Waals surface area contributed by atoms with Gasteiger partial charge in [0.05, 0.1) is 0 Å². The zero-order valence-corrected chi connectivity index (χ0v) is 12.2. The van der Waals surface area contributed by atoms with Crippen molar-refractivity contribution in [1.82, 2.24) is 9.97 Å². The monoisotopic (exact) mass is 281 g/mol. The van der Waals surface area contributed by atoms with E-state index in [1.165, 1.54) is 29.7 Å². The molecule has 0 fully saturated rings. The number of hydrogen-bond donors (Lipinski definition) is 1. The third-order valence-electron chi connectivity index (χ3n) is 4.37. The molecule has 1 aromatic heterocycles. The molecule has 1 N–H and O–H groups in total. The number of aromatic nitrogens is 2. The largest absolute Gasteiger partial charge is 0.482 e. The predicted molar refractivity (Wildman–Crippen MR) is 81.7 cm³/mol. The predicted octanol–water partition coefficient (Wildman–Crippen LogP) is 3.07. The molecule has 0 bridgehead atoms. The SMILES string of the molecule is CNc1nc(C2Cc3ccccc3O2)nc2c1CCCC2. The Balaban J connectivity index is 1.70. The van der Waals surface area contributed by atoms with E-state index in [9.17, 15) is 0 Å². The van der Waals surface area contributed by atoms with Gasteiger partial charge in [0, 0.05) is 24.7 Å². The molecular formula is C17H19N3O. The van der Waals surface area contributed by atoms with E-state index in [1.54, 1.807) is 0 Å². The maximum atomic E-state index is 6.03. The fourth-order valence-electron chi connectivity index (χ4n) is 3.29. The second kappa shape index (κ2) is 5.02. The first-order chi connectivity index (χ1) is 10.3. The summed E-state index contributed by atoms with van der Waals surface area (Å²) in [6.45, 7) is 0. The summed E-state index contributed by atoms with van der Waals surface area (Å²) < 4.78 is 6.03. The van der Waals surface area contributed by atoms with Crippen molar-refractivity contribution in [3.05, 3.63) is 46.9 Å². The van der Waals surface area contributed by atoms with Crippen LogP contribution in [0.4, 0.5) is 5.82 Å². The summed E-state index contributed by atoms with van der Waals surface area (Å²) >= 11 is 0. The molecular weight excluding hydrogens is 262 g/mol. The lowest BCUT2D eigenvalue weighted by Gasteiger charge is -2.20. The van der Waals surface area contributed by atoms with E-state index in [1.807, 2.05) is 19.2 Å². The van der Waals surface area contributed by atoms with Gasteiger partial charge in [0.1, 0.15) is 11.6 Å². The maximum Gasteiger partial charge on any atom is 0.172 e. The highest BCUT2D eigenvalue weighted by Crippen LogP contribution is 2.36. The number of anilines is 1. The number of hydrogen-bond acceptors (Lipinski definition) is 4. The third-order valence-corrected chi connectivity index (χ3v) is 4.37. The number of benzene rings is 1. The van der Waals surface area contributed by atoms with Crippen molar-refractivity contribution in [2.75, 3.05) is 12.4 Å². The minimum Gasteiger partial charge on any atom is -0.482 e. The number of aryl methyl sites for hydroxylation is 1. The quantitative estimate of drug-likeness (QED) is 0.919. The van der Waals surface area contributed by atoms with Crippen molar-refractivity contribution < 1.29 is 4.74 Å². The molecule has 0 saturated heterocycles. The van der Waals surface area contributed by atoms with Gasteiger partial charge in [0.2, 0.25) is 0 Å². The highest BCUT2D eigenvalue weighted by molar-refractivity contribution is 5.48. The molecule has 0 radical (unpaired) electrons. The van der Waals surface area contributed by atoms with E-state index in [0.29, 0.717) is 0 Å². The average molecular weight is 281 g/mol. The summed E-state index contributed by atoms with van der Waals surface area (Å²) in [4.78, 5) is 9.53. The number of ether oxygens (including phenoxy) is 1. The van der Waals surface area contributed by atoms with Crippen molar-refractivity contribution in [3.63, 3.8) is 0 Å². The summed E-state index contributed by atoms with van der Waals surface area (Å²) in [7, 11) is 1.94. The molecule has 2 heterocycles. The molecule has 0 spiro atoms. The Bertz CT molecular complexity index is 641. The summed E-state index contributed by atoms with van der Waals surface area (Å²) in [5.41, 5.74) is 3.74. The van der Waals surface area contributed by atoms with E-state index < -0.39 is 0 Å². The third kappa shape index (κ3) is 2.15. The van der Waals surface area contributed by atoms with Crippen molar-refractivity contribution in [2.45, 2.75) is 38.2 Å². The number of nitrogens with zero attached hydrogens (tertiary/aromatic N) is 2. The van der Waals surface area contributed by atoms with Crippen molar-refractivity contribution >= 4 is 5.82 Å². The van der Waals surface area contributed by atoms with Crippen LogP contribution in [0.1, 0.15) is 41.6 Å². The van der Waals surface area contributed by atoms with Crippen LogP contribution in [0.5, 0.6) is 5.75 Å². The molecule has 4 rings (SSSR count). The molecule has 108 valence electrons. The number of para-hydroxylation sites is 1. The van der Waals surface area contributed by atoms with E-state index >= 15 is 0 Å². The first-order valence-electron chi connectivity index (χ1n) is 7.67. The first-order valence-corrected chi connectivity index (χ1v) is 7.67. The van der Waals surface area contributed by atoms with Crippen LogP contribution in [0.3, 0.4) is 0 Å². The van der Waals surface area contributed by atoms with E-state index in [-0.39, 0.29) is 6.10 Å². The molecule has 1 aliphatic carbocycles. The Morgan fingerprint density at radius 3 is 2.86 bits per heavy atom. The Labute approximate surface area is 124 Å². The molecule has 0 saturated carbocycles. The normalized spacial score (nSPS) is 19.6. The average Bonchev–Trinajstić information content (AvgIpc) is 2.98. The van der Waals surface area contributed by atoms with Crippen LogP contribution in [0.25, 0.3) is 0 Å². The number of fused-ring (bicyclic) bond motifs is 2. The van der Waals surface area contributed by atoms with Crippen LogP contribution in [-0.2, 0) is 19.3 Å². The second-order valence-corrected chi connectivity index (χ2v) is 5.73. The Morgan fingerprint density at radius 2 is 2.00 bits per heavy atom. The number of rotatable bonds is 2. The molecule has 4 nitrogen and oxygen atoms in total.